The van der Waals surface area contributed by atoms with Crippen LogP contribution in [0.5, 0.6) is 11.5 Å². The third-order valence-electron chi connectivity index (χ3n) is 3.92. The number of nitrogens with one attached hydrogen (secondary N) is 1. The van der Waals surface area contributed by atoms with Gasteiger partial charge in [0.25, 0.3) is 5.91 Å². The van der Waals surface area contributed by atoms with Crippen LogP contribution in [0.15, 0.2) is 48.5 Å². The van der Waals surface area contributed by atoms with Gasteiger partial charge in [-0.3, -0.25) is 4.79 Å². The highest BCUT2D eigenvalue weighted by Gasteiger charge is 2.09. The zero-order valence-corrected chi connectivity index (χ0v) is 17.6. The quantitative estimate of drug-likeness (QED) is 0.443. The maximum atomic E-state index is 12.0. The van der Waals surface area contributed by atoms with E-state index < -0.39 is 24.5 Å². The number of nitrogens with zero attached hydrogens (tertiary/aromatic N) is 1. The monoisotopic (exact) mass is 438 g/mol. The number of nitriles is 1. The van der Waals surface area contributed by atoms with Crippen molar-refractivity contribution in [3.05, 3.63) is 59.7 Å². The molecule has 9 heteroatoms. The van der Waals surface area contributed by atoms with Crippen LogP contribution in [-0.2, 0) is 19.1 Å². The minimum atomic E-state index is -0.707. The number of anilines is 1. The van der Waals surface area contributed by atoms with Crippen molar-refractivity contribution >= 4 is 29.6 Å². The summed E-state index contributed by atoms with van der Waals surface area (Å²) in [7, 11) is 1.46. The molecule has 0 fully saturated rings. The molecule has 0 aliphatic carbocycles. The van der Waals surface area contributed by atoms with Gasteiger partial charge in [0.15, 0.2) is 24.7 Å². The molecule has 1 amide bonds. The molecule has 0 saturated carbocycles. The molecule has 0 bridgehead atoms. The topological polar surface area (TPSA) is 124 Å². The van der Waals surface area contributed by atoms with Crippen molar-refractivity contribution in [2.45, 2.75) is 6.92 Å². The standard InChI is InChI=1S/C23H22N2O7/c1-3-30-23(28)17-6-8-18(9-7-17)25-21(26)15-32-22(27)11-5-16-4-10-19(31-13-12-24)20(14-16)29-2/h4-11,14H,3,13,15H2,1-2H3,(H,25,26)/b11-5+. The van der Waals surface area contributed by atoms with E-state index in [1.807, 2.05) is 6.07 Å². The SMILES string of the molecule is CCOC(=O)c1ccc(NC(=O)COC(=O)/C=C/c2ccc(OCC#N)c(OC)c2)cc1. The highest BCUT2D eigenvalue weighted by molar-refractivity contribution is 5.95. The van der Waals surface area contributed by atoms with Gasteiger partial charge in [-0.25, -0.2) is 9.59 Å². The smallest absolute Gasteiger partial charge is 0.338 e. The zero-order chi connectivity index (χ0) is 23.3. The molecule has 2 rings (SSSR count). The lowest BCUT2D eigenvalue weighted by atomic mass is 10.2. The summed E-state index contributed by atoms with van der Waals surface area (Å²) >= 11 is 0. The van der Waals surface area contributed by atoms with E-state index in [0.29, 0.717) is 28.3 Å². The van der Waals surface area contributed by atoms with Gasteiger partial charge in [-0.2, -0.15) is 5.26 Å². The second-order valence-corrected chi connectivity index (χ2v) is 6.14. The van der Waals surface area contributed by atoms with Crippen molar-refractivity contribution in [2.24, 2.45) is 0 Å². The summed E-state index contributed by atoms with van der Waals surface area (Å²) in [6, 6.07) is 12.9. The van der Waals surface area contributed by atoms with Gasteiger partial charge < -0.3 is 24.3 Å². The maximum absolute atomic E-state index is 12.0. The number of benzene rings is 2. The molecule has 2 aromatic carbocycles. The molecule has 0 aliphatic rings. The van der Waals surface area contributed by atoms with E-state index in [1.54, 1.807) is 37.3 Å². The minimum absolute atomic E-state index is 0.116. The van der Waals surface area contributed by atoms with Crippen molar-refractivity contribution in [2.75, 3.05) is 32.2 Å². The Balaban J connectivity index is 1.84. The van der Waals surface area contributed by atoms with Gasteiger partial charge in [-0.15, -0.1) is 0 Å². The molecule has 0 spiro atoms. The Kier molecular flexibility index (Phi) is 9.28. The molecule has 0 unspecified atom stereocenters. The number of hydrogen-bond acceptors (Lipinski definition) is 8. The summed E-state index contributed by atoms with van der Waals surface area (Å²) in [5.74, 6) is -0.879. The second kappa shape index (κ2) is 12.4. The Labute approximate surface area is 185 Å². The van der Waals surface area contributed by atoms with Crippen LogP contribution >= 0.6 is 0 Å². The summed E-state index contributed by atoms with van der Waals surface area (Å²) in [5.41, 5.74) is 1.44. The highest BCUT2D eigenvalue weighted by atomic mass is 16.5. The van der Waals surface area contributed by atoms with E-state index >= 15 is 0 Å². The van der Waals surface area contributed by atoms with Gasteiger partial charge in [0.1, 0.15) is 6.07 Å². The third kappa shape index (κ3) is 7.50. The number of carbonyl (C=O) groups excluding carboxylic acids is 3. The molecule has 2 aromatic rings. The Morgan fingerprint density at radius 1 is 1.06 bits per heavy atom. The highest BCUT2D eigenvalue weighted by Crippen LogP contribution is 2.28. The molecule has 0 aromatic heterocycles. The summed E-state index contributed by atoms with van der Waals surface area (Å²) in [4.78, 5) is 35.5. The fraction of sp³-hybridized carbons (Fsp3) is 0.217. The van der Waals surface area contributed by atoms with Gasteiger partial charge in [0.05, 0.1) is 19.3 Å². The summed E-state index contributed by atoms with van der Waals surface area (Å²) in [6.45, 7) is 1.39. The lowest BCUT2D eigenvalue weighted by Crippen LogP contribution is -2.20. The van der Waals surface area contributed by atoms with Crippen molar-refractivity contribution in [3.63, 3.8) is 0 Å². The number of rotatable bonds is 10. The number of carbonyl (C=O) groups is 3. The molecule has 0 atom stereocenters. The van der Waals surface area contributed by atoms with Gasteiger partial charge in [-0.05, 0) is 55.0 Å². The van der Waals surface area contributed by atoms with E-state index in [4.69, 9.17) is 24.2 Å². The Morgan fingerprint density at radius 3 is 2.47 bits per heavy atom. The lowest BCUT2D eigenvalue weighted by molar-refractivity contribution is -0.142. The normalized spacial score (nSPS) is 10.2. The van der Waals surface area contributed by atoms with Crippen molar-refractivity contribution in [1.82, 2.24) is 0 Å². The van der Waals surface area contributed by atoms with Crippen molar-refractivity contribution in [1.29, 1.82) is 5.26 Å². The molecular weight excluding hydrogens is 416 g/mol. The summed E-state index contributed by atoms with van der Waals surface area (Å²) < 4.78 is 20.2. The van der Waals surface area contributed by atoms with Crippen LogP contribution in [0.3, 0.4) is 0 Å². The van der Waals surface area contributed by atoms with Crippen LogP contribution in [0.2, 0.25) is 0 Å². The summed E-state index contributed by atoms with van der Waals surface area (Å²) in [5, 5.41) is 11.1. The molecule has 1 N–H and O–H groups in total. The second-order valence-electron chi connectivity index (χ2n) is 6.14. The van der Waals surface area contributed by atoms with Gasteiger partial charge in [0, 0.05) is 11.8 Å². The molecule has 0 radical (unpaired) electrons. The minimum Gasteiger partial charge on any atom is -0.493 e. The van der Waals surface area contributed by atoms with Crippen LogP contribution in [0.25, 0.3) is 6.08 Å². The molecular formula is C23H22N2O7. The average Bonchev–Trinajstić information content (AvgIpc) is 2.80. The Hall–Kier alpha value is -4.32. The van der Waals surface area contributed by atoms with E-state index in [0.717, 1.165) is 0 Å². The Bertz CT molecular complexity index is 1020. The number of methoxy groups -OCH3 is 1. The lowest BCUT2D eigenvalue weighted by Gasteiger charge is -2.08. The maximum Gasteiger partial charge on any atom is 0.338 e. The van der Waals surface area contributed by atoms with Crippen molar-refractivity contribution < 1.29 is 33.3 Å². The van der Waals surface area contributed by atoms with Crippen LogP contribution in [0.1, 0.15) is 22.8 Å². The molecule has 9 nitrogen and oxygen atoms in total. The van der Waals surface area contributed by atoms with Gasteiger partial charge in [-0.1, -0.05) is 6.07 Å². The first-order valence-electron chi connectivity index (χ1n) is 9.56. The first-order chi connectivity index (χ1) is 15.5. The van der Waals surface area contributed by atoms with Gasteiger partial charge >= 0.3 is 11.9 Å². The first-order valence-corrected chi connectivity index (χ1v) is 9.56. The number of amides is 1. The van der Waals surface area contributed by atoms with Crippen molar-refractivity contribution in [3.8, 4) is 17.6 Å². The molecule has 0 saturated heterocycles. The van der Waals surface area contributed by atoms with E-state index in [-0.39, 0.29) is 13.2 Å². The fourth-order valence-electron chi connectivity index (χ4n) is 2.47. The largest absolute Gasteiger partial charge is 0.493 e. The molecule has 166 valence electrons. The van der Waals surface area contributed by atoms with Crippen LogP contribution in [0, 0.1) is 11.3 Å². The molecule has 0 aliphatic heterocycles. The van der Waals surface area contributed by atoms with E-state index in [1.165, 1.54) is 31.4 Å². The van der Waals surface area contributed by atoms with Gasteiger partial charge in [0.2, 0.25) is 0 Å². The van der Waals surface area contributed by atoms with Crippen LogP contribution < -0.4 is 14.8 Å². The van der Waals surface area contributed by atoms with E-state index in [2.05, 4.69) is 5.32 Å². The third-order valence-corrected chi connectivity index (χ3v) is 3.92. The predicted octanol–water partition coefficient (Wildman–Crippen LogP) is 2.97. The molecule has 32 heavy (non-hydrogen) atoms. The zero-order valence-electron chi connectivity index (χ0n) is 17.6. The van der Waals surface area contributed by atoms with Crippen LogP contribution in [0.4, 0.5) is 5.69 Å². The van der Waals surface area contributed by atoms with E-state index in [9.17, 15) is 14.4 Å². The number of esters is 2. The molecule has 0 heterocycles. The average molecular weight is 438 g/mol. The fourth-order valence-corrected chi connectivity index (χ4v) is 2.47. The predicted molar refractivity (Wildman–Crippen MR) is 115 cm³/mol. The number of hydrogen-bond donors (Lipinski definition) is 1. The summed E-state index contributed by atoms with van der Waals surface area (Å²) in [6.07, 6.45) is 2.66. The number of ether oxygens (including phenoxy) is 4. The first kappa shape index (κ1) is 24.0. The van der Waals surface area contributed by atoms with Crippen LogP contribution in [-0.4, -0.2) is 44.8 Å². The Morgan fingerprint density at radius 2 is 1.81 bits per heavy atom.